The van der Waals surface area contributed by atoms with Crippen molar-refractivity contribution >= 4 is 26.8 Å². The third-order valence-electron chi connectivity index (χ3n) is 5.30. The van der Waals surface area contributed by atoms with E-state index < -0.39 is 10.0 Å². The molecule has 1 atom stereocenters. The monoisotopic (exact) mass is 413 g/mol. The third-order valence-corrected chi connectivity index (χ3v) is 6.57. The van der Waals surface area contributed by atoms with Crippen LogP contribution >= 0.6 is 0 Å². The Bertz CT molecular complexity index is 1390. The number of nitrogens with one attached hydrogen (secondary N) is 1. The Kier molecular flexibility index (Phi) is 4.03. The summed E-state index contributed by atoms with van der Waals surface area (Å²) in [4.78, 5) is 28.8. The SMILES string of the molecule is CS(=O)(=O)N1CCC[C@@H](n2c(=O)[nH]c3cnc(-c4cnc5ccccn45)nc32)C1. The number of sulfonamides is 1. The largest absolute Gasteiger partial charge is 0.328 e. The maximum atomic E-state index is 12.7. The van der Waals surface area contributed by atoms with E-state index in [1.54, 1.807) is 17.0 Å². The Morgan fingerprint density at radius 3 is 2.90 bits per heavy atom. The minimum absolute atomic E-state index is 0.251. The van der Waals surface area contributed by atoms with E-state index in [1.807, 2.05) is 28.8 Å². The molecule has 1 saturated heterocycles. The molecular weight excluding hydrogens is 394 g/mol. The number of fused-ring (bicyclic) bond motifs is 2. The summed E-state index contributed by atoms with van der Waals surface area (Å²) in [7, 11) is -3.32. The van der Waals surface area contributed by atoms with Gasteiger partial charge in [0, 0.05) is 19.3 Å². The van der Waals surface area contributed by atoms with Gasteiger partial charge in [0.2, 0.25) is 10.0 Å². The zero-order valence-corrected chi connectivity index (χ0v) is 16.5. The van der Waals surface area contributed by atoms with Gasteiger partial charge in [-0.15, -0.1) is 0 Å². The highest BCUT2D eigenvalue weighted by molar-refractivity contribution is 7.88. The van der Waals surface area contributed by atoms with Crippen molar-refractivity contribution in [3.63, 3.8) is 0 Å². The van der Waals surface area contributed by atoms with Gasteiger partial charge in [-0.25, -0.2) is 32.5 Å². The van der Waals surface area contributed by atoms with Crippen LogP contribution in [-0.2, 0) is 10.0 Å². The summed E-state index contributed by atoms with van der Waals surface area (Å²) in [6, 6.07) is 5.39. The summed E-state index contributed by atoms with van der Waals surface area (Å²) in [5, 5.41) is 0. The Hall–Kier alpha value is -3.05. The minimum Gasteiger partial charge on any atom is -0.303 e. The van der Waals surface area contributed by atoms with E-state index in [4.69, 9.17) is 0 Å². The minimum atomic E-state index is -3.32. The van der Waals surface area contributed by atoms with Crippen molar-refractivity contribution in [3.05, 3.63) is 47.3 Å². The molecule has 1 fully saturated rings. The normalized spacial score (nSPS) is 18.6. The molecule has 5 rings (SSSR count). The predicted molar refractivity (Wildman–Crippen MR) is 107 cm³/mol. The van der Waals surface area contributed by atoms with Crippen LogP contribution in [0.25, 0.3) is 28.3 Å². The van der Waals surface area contributed by atoms with E-state index in [1.165, 1.54) is 10.6 Å². The highest BCUT2D eigenvalue weighted by Crippen LogP contribution is 2.25. The maximum Gasteiger partial charge on any atom is 0.328 e. The second-order valence-electron chi connectivity index (χ2n) is 7.22. The van der Waals surface area contributed by atoms with Crippen LogP contribution in [0.4, 0.5) is 0 Å². The third kappa shape index (κ3) is 3.02. The lowest BCUT2D eigenvalue weighted by Crippen LogP contribution is -2.42. The van der Waals surface area contributed by atoms with Gasteiger partial charge >= 0.3 is 5.69 Å². The Balaban J connectivity index is 1.63. The number of imidazole rings is 2. The quantitative estimate of drug-likeness (QED) is 0.536. The molecule has 150 valence electrons. The summed E-state index contributed by atoms with van der Waals surface area (Å²) < 4.78 is 28.8. The molecule has 29 heavy (non-hydrogen) atoms. The highest BCUT2D eigenvalue weighted by Gasteiger charge is 2.29. The van der Waals surface area contributed by atoms with E-state index in [-0.39, 0.29) is 18.3 Å². The lowest BCUT2D eigenvalue weighted by molar-refractivity contribution is 0.268. The average molecular weight is 413 g/mol. The van der Waals surface area contributed by atoms with Crippen LogP contribution in [0.3, 0.4) is 0 Å². The Morgan fingerprint density at radius 2 is 2.07 bits per heavy atom. The molecule has 0 aromatic carbocycles. The molecule has 0 radical (unpaired) electrons. The number of hydrogen-bond donors (Lipinski definition) is 1. The standard InChI is InChI=1S/C18H19N7O3S/c1-29(27,28)23-7-4-5-12(11-23)25-17-13(21-18(25)26)9-20-16(22-17)14-10-19-15-6-2-3-8-24(14)15/h2-3,6,8-10,12H,4-5,7,11H2,1H3,(H,21,26)/t12-/m1/s1. The first-order valence-electron chi connectivity index (χ1n) is 9.26. The number of rotatable bonds is 3. The lowest BCUT2D eigenvalue weighted by atomic mass is 10.1. The van der Waals surface area contributed by atoms with Crippen molar-refractivity contribution in [2.45, 2.75) is 18.9 Å². The zero-order chi connectivity index (χ0) is 20.2. The molecule has 0 saturated carbocycles. The van der Waals surface area contributed by atoms with E-state index in [9.17, 15) is 13.2 Å². The zero-order valence-electron chi connectivity index (χ0n) is 15.7. The van der Waals surface area contributed by atoms with Gasteiger partial charge in [0.05, 0.1) is 24.7 Å². The maximum absolute atomic E-state index is 12.7. The first-order valence-corrected chi connectivity index (χ1v) is 11.1. The smallest absolute Gasteiger partial charge is 0.303 e. The highest BCUT2D eigenvalue weighted by atomic mass is 32.2. The van der Waals surface area contributed by atoms with Crippen molar-refractivity contribution in [3.8, 4) is 11.5 Å². The van der Waals surface area contributed by atoms with E-state index >= 15 is 0 Å². The van der Waals surface area contributed by atoms with Crippen molar-refractivity contribution in [2.75, 3.05) is 19.3 Å². The summed E-state index contributed by atoms with van der Waals surface area (Å²) in [6.07, 6.45) is 7.72. The fourth-order valence-corrected chi connectivity index (χ4v) is 4.81. The van der Waals surface area contributed by atoms with Gasteiger partial charge in [0.1, 0.15) is 16.9 Å². The molecule has 10 nitrogen and oxygen atoms in total. The molecule has 0 bridgehead atoms. The molecule has 0 spiro atoms. The number of aromatic amines is 1. The molecule has 0 unspecified atom stereocenters. The van der Waals surface area contributed by atoms with Gasteiger partial charge in [-0.1, -0.05) is 6.07 Å². The summed E-state index contributed by atoms with van der Waals surface area (Å²) >= 11 is 0. The summed E-state index contributed by atoms with van der Waals surface area (Å²) in [5.74, 6) is 0.444. The molecule has 4 aromatic heterocycles. The van der Waals surface area contributed by atoms with Crippen LogP contribution in [0.2, 0.25) is 0 Å². The van der Waals surface area contributed by atoms with Crippen molar-refractivity contribution in [1.29, 1.82) is 0 Å². The fourth-order valence-electron chi connectivity index (χ4n) is 3.91. The molecule has 4 aromatic rings. The molecule has 0 amide bonds. The topological polar surface area (TPSA) is 118 Å². The van der Waals surface area contributed by atoms with Gasteiger partial charge in [-0.3, -0.25) is 8.97 Å². The van der Waals surface area contributed by atoms with Gasteiger partial charge in [-0.05, 0) is 25.0 Å². The summed E-state index contributed by atoms with van der Waals surface area (Å²) in [5.41, 5.74) is 2.15. The molecule has 0 aliphatic carbocycles. The molecular formula is C18H19N7O3S. The van der Waals surface area contributed by atoms with Gasteiger partial charge in [0.25, 0.3) is 0 Å². The second-order valence-corrected chi connectivity index (χ2v) is 9.20. The van der Waals surface area contributed by atoms with Crippen LogP contribution < -0.4 is 5.69 Å². The van der Waals surface area contributed by atoms with Gasteiger partial charge in [-0.2, -0.15) is 0 Å². The number of nitrogens with zero attached hydrogens (tertiary/aromatic N) is 6. The Morgan fingerprint density at radius 1 is 1.21 bits per heavy atom. The molecule has 11 heteroatoms. The molecule has 1 N–H and O–H groups in total. The summed E-state index contributed by atoms with van der Waals surface area (Å²) in [6.45, 7) is 0.717. The van der Waals surface area contributed by atoms with Crippen molar-refractivity contribution in [1.82, 2.24) is 33.2 Å². The van der Waals surface area contributed by atoms with E-state index in [0.29, 0.717) is 42.1 Å². The van der Waals surface area contributed by atoms with Crippen LogP contribution in [0, 0.1) is 0 Å². The van der Waals surface area contributed by atoms with Gasteiger partial charge in [0.15, 0.2) is 11.5 Å². The molecule has 5 heterocycles. The van der Waals surface area contributed by atoms with Crippen molar-refractivity contribution in [2.24, 2.45) is 0 Å². The first-order chi connectivity index (χ1) is 13.9. The lowest BCUT2D eigenvalue weighted by Gasteiger charge is -2.31. The number of hydrogen-bond acceptors (Lipinski definition) is 6. The predicted octanol–water partition coefficient (Wildman–Crippen LogP) is 1.03. The van der Waals surface area contributed by atoms with Crippen molar-refractivity contribution < 1.29 is 8.42 Å². The number of H-pyrrole nitrogens is 1. The average Bonchev–Trinajstić information content (AvgIpc) is 3.27. The van der Waals surface area contributed by atoms with E-state index in [0.717, 1.165) is 5.65 Å². The number of piperidine rings is 1. The van der Waals surface area contributed by atoms with Crippen LogP contribution in [-0.4, -0.2) is 61.0 Å². The first kappa shape index (κ1) is 18.0. The molecule has 1 aliphatic rings. The van der Waals surface area contributed by atoms with Crippen LogP contribution in [0.15, 0.2) is 41.6 Å². The van der Waals surface area contributed by atoms with Crippen LogP contribution in [0.1, 0.15) is 18.9 Å². The van der Waals surface area contributed by atoms with Gasteiger partial charge < -0.3 is 4.98 Å². The Labute approximate surface area is 165 Å². The second kappa shape index (κ2) is 6.49. The number of pyridine rings is 1. The van der Waals surface area contributed by atoms with Crippen LogP contribution in [0.5, 0.6) is 0 Å². The van der Waals surface area contributed by atoms with E-state index in [2.05, 4.69) is 19.9 Å². The number of aromatic nitrogens is 6. The molecule has 1 aliphatic heterocycles. The fraction of sp³-hybridized carbons (Fsp3) is 0.333.